The maximum absolute atomic E-state index is 12.3. The van der Waals surface area contributed by atoms with Crippen LogP contribution in [0.2, 0.25) is 0 Å². The Balaban J connectivity index is 1.85. The molecule has 2 aromatic carbocycles. The van der Waals surface area contributed by atoms with Crippen molar-refractivity contribution in [3.05, 3.63) is 58.4 Å². The van der Waals surface area contributed by atoms with E-state index in [1.54, 1.807) is 21.3 Å². The molecular formula is C19H20N2O4. The van der Waals surface area contributed by atoms with E-state index in [0.29, 0.717) is 23.6 Å². The molecule has 0 aliphatic carbocycles. The fourth-order valence-electron chi connectivity index (χ4n) is 2.63. The number of ether oxygens (including phenoxy) is 3. The molecule has 6 heteroatoms. The lowest BCUT2D eigenvalue weighted by Gasteiger charge is -2.11. The summed E-state index contributed by atoms with van der Waals surface area (Å²) in [6.07, 6.45) is 0. The van der Waals surface area contributed by atoms with Crippen LogP contribution in [0.1, 0.15) is 5.56 Å². The quantitative estimate of drug-likeness (QED) is 0.721. The Bertz CT molecular complexity index is 950. The van der Waals surface area contributed by atoms with E-state index in [-0.39, 0.29) is 5.56 Å². The molecule has 2 N–H and O–H groups in total. The fraction of sp³-hybridized carbons (Fsp3) is 0.211. The van der Waals surface area contributed by atoms with Gasteiger partial charge in [-0.3, -0.25) is 4.79 Å². The third-order valence-corrected chi connectivity index (χ3v) is 3.99. The second-order valence-corrected chi connectivity index (χ2v) is 5.50. The summed E-state index contributed by atoms with van der Waals surface area (Å²) in [5.74, 6) is 2.03. The van der Waals surface area contributed by atoms with E-state index in [0.717, 1.165) is 22.3 Å². The van der Waals surface area contributed by atoms with Crippen molar-refractivity contribution in [2.24, 2.45) is 0 Å². The Morgan fingerprint density at radius 2 is 1.72 bits per heavy atom. The van der Waals surface area contributed by atoms with Gasteiger partial charge in [-0.05, 0) is 36.4 Å². The van der Waals surface area contributed by atoms with Gasteiger partial charge < -0.3 is 24.5 Å². The maximum atomic E-state index is 12.3. The summed E-state index contributed by atoms with van der Waals surface area (Å²) in [5.41, 5.74) is 2.13. The predicted octanol–water partition coefficient (Wildman–Crippen LogP) is 3.17. The maximum Gasteiger partial charge on any atom is 0.253 e. The number of anilines is 1. The Hall–Kier alpha value is -3.15. The first-order valence-corrected chi connectivity index (χ1v) is 7.80. The van der Waals surface area contributed by atoms with E-state index in [1.165, 1.54) is 0 Å². The molecule has 6 nitrogen and oxygen atoms in total. The van der Waals surface area contributed by atoms with Gasteiger partial charge >= 0.3 is 0 Å². The van der Waals surface area contributed by atoms with Crippen LogP contribution < -0.4 is 25.1 Å². The average molecular weight is 340 g/mol. The van der Waals surface area contributed by atoms with E-state index < -0.39 is 0 Å². The minimum atomic E-state index is -0.120. The Labute approximate surface area is 145 Å². The van der Waals surface area contributed by atoms with Gasteiger partial charge in [0.15, 0.2) is 11.5 Å². The van der Waals surface area contributed by atoms with Crippen molar-refractivity contribution in [3.63, 3.8) is 0 Å². The first kappa shape index (κ1) is 16.7. The molecular weight excluding hydrogens is 320 g/mol. The Morgan fingerprint density at radius 1 is 0.920 bits per heavy atom. The summed E-state index contributed by atoms with van der Waals surface area (Å²) in [5, 5.41) is 4.15. The molecule has 0 saturated carbocycles. The first-order valence-electron chi connectivity index (χ1n) is 7.80. The van der Waals surface area contributed by atoms with Crippen LogP contribution in [0.5, 0.6) is 17.2 Å². The standard InChI is InChI=1S/C19H20N2O4/c1-23-15-5-6-16-12(9-15)8-13(19(22)21-16)11-20-14-4-7-17(24-2)18(10-14)25-3/h4-10,20H,11H2,1-3H3,(H,21,22). The number of benzene rings is 2. The number of aromatic nitrogens is 1. The van der Waals surface area contributed by atoms with Crippen LogP contribution in [0, 0.1) is 0 Å². The lowest BCUT2D eigenvalue weighted by atomic mass is 10.1. The molecule has 25 heavy (non-hydrogen) atoms. The Kier molecular flexibility index (Phi) is 4.79. The number of H-pyrrole nitrogens is 1. The second-order valence-electron chi connectivity index (χ2n) is 5.50. The van der Waals surface area contributed by atoms with E-state index in [9.17, 15) is 4.79 Å². The van der Waals surface area contributed by atoms with Crippen LogP contribution in [-0.4, -0.2) is 26.3 Å². The van der Waals surface area contributed by atoms with Gasteiger partial charge in [0, 0.05) is 34.8 Å². The third-order valence-electron chi connectivity index (χ3n) is 3.99. The molecule has 1 aromatic heterocycles. The van der Waals surface area contributed by atoms with E-state index in [4.69, 9.17) is 14.2 Å². The number of hydrogen-bond acceptors (Lipinski definition) is 5. The SMILES string of the molecule is COc1ccc2[nH]c(=O)c(CNc3ccc(OC)c(OC)c3)cc2c1. The first-order chi connectivity index (χ1) is 12.1. The molecule has 130 valence electrons. The number of rotatable bonds is 6. The van der Waals surface area contributed by atoms with Crippen LogP contribution in [0.4, 0.5) is 5.69 Å². The van der Waals surface area contributed by atoms with E-state index in [2.05, 4.69) is 10.3 Å². The number of aromatic amines is 1. The van der Waals surface area contributed by atoms with Gasteiger partial charge in [-0.15, -0.1) is 0 Å². The molecule has 3 aromatic rings. The summed E-state index contributed by atoms with van der Waals surface area (Å²) in [7, 11) is 4.79. The highest BCUT2D eigenvalue weighted by Gasteiger charge is 2.07. The van der Waals surface area contributed by atoms with Gasteiger partial charge in [0.1, 0.15) is 5.75 Å². The normalized spacial score (nSPS) is 10.5. The highest BCUT2D eigenvalue weighted by Crippen LogP contribution is 2.29. The average Bonchev–Trinajstić information content (AvgIpc) is 2.65. The smallest absolute Gasteiger partial charge is 0.253 e. The number of fused-ring (bicyclic) bond motifs is 1. The Morgan fingerprint density at radius 3 is 2.44 bits per heavy atom. The monoisotopic (exact) mass is 340 g/mol. The molecule has 0 radical (unpaired) electrons. The third kappa shape index (κ3) is 3.52. The van der Waals surface area contributed by atoms with Crippen molar-refractivity contribution in [1.29, 1.82) is 0 Å². The van der Waals surface area contributed by atoms with Crippen LogP contribution in [-0.2, 0) is 6.54 Å². The summed E-state index contributed by atoms with van der Waals surface area (Å²) in [6.45, 7) is 0.387. The highest BCUT2D eigenvalue weighted by atomic mass is 16.5. The van der Waals surface area contributed by atoms with Crippen LogP contribution in [0.25, 0.3) is 10.9 Å². The highest BCUT2D eigenvalue weighted by molar-refractivity contribution is 5.80. The molecule has 0 unspecified atom stereocenters. The predicted molar refractivity (Wildman–Crippen MR) is 98.0 cm³/mol. The van der Waals surface area contributed by atoms with Gasteiger partial charge in [-0.25, -0.2) is 0 Å². The van der Waals surface area contributed by atoms with Gasteiger partial charge in [0.2, 0.25) is 0 Å². The zero-order valence-electron chi connectivity index (χ0n) is 14.4. The summed E-state index contributed by atoms with van der Waals surface area (Å²) >= 11 is 0. The number of hydrogen-bond donors (Lipinski definition) is 2. The molecule has 0 aliphatic rings. The second kappa shape index (κ2) is 7.17. The lowest BCUT2D eigenvalue weighted by molar-refractivity contribution is 0.355. The van der Waals surface area contributed by atoms with Crippen molar-refractivity contribution in [1.82, 2.24) is 4.98 Å². The van der Waals surface area contributed by atoms with Gasteiger partial charge in [-0.2, -0.15) is 0 Å². The number of pyridine rings is 1. The molecule has 0 amide bonds. The largest absolute Gasteiger partial charge is 0.497 e. The number of nitrogens with one attached hydrogen (secondary N) is 2. The summed E-state index contributed by atoms with van der Waals surface area (Å²) in [6, 6.07) is 12.9. The van der Waals surface area contributed by atoms with E-state index in [1.807, 2.05) is 42.5 Å². The molecule has 0 aliphatic heterocycles. The summed E-state index contributed by atoms with van der Waals surface area (Å²) in [4.78, 5) is 15.2. The van der Waals surface area contributed by atoms with Crippen LogP contribution >= 0.6 is 0 Å². The van der Waals surface area contributed by atoms with Gasteiger partial charge in [0.25, 0.3) is 5.56 Å². The van der Waals surface area contributed by atoms with Gasteiger partial charge in [0.05, 0.1) is 21.3 Å². The van der Waals surface area contributed by atoms with Crippen molar-refractivity contribution >= 4 is 16.6 Å². The minimum Gasteiger partial charge on any atom is -0.497 e. The molecule has 0 fully saturated rings. The van der Waals surface area contributed by atoms with E-state index >= 15 is 0 Å². The van der Waals surface area contributed by atoms with Crippen molar-refractivity contribution in [2.75, 3.05) is 26.6 Å². The minimum absolute atomic E-state index is 0.120. The topological polar surface area (TPSA) is 72.6 Å². The molecule has 0 atom stereocenters. The summed E-state index contributed by atoms with van der Waals surface area (Å²) < 4.78 is 15.7. The lowest BCUT2D eigenvalue weighted by Crippen LogP contribution is -2.15. The van der Waals surface area contributed by atoms with Crippen molar-refractivity contribution < 1.29 is 14.2 Å². The fourth-order valence-corrected chi connectivity index (χ4v) is 2.63. The molecule has 0 spiro atoms. The zero-order valence-corrected chi connectivity index (χ0v) is 14.4. The number of methoxy groups -OCH3 is 3. The molecule has 0 bridgehead atoms. The van der Waals surface area contributed by atoms with Crippen LogP contribution in [0.3, 0.4) is 0 Å². The zero-order chi connectivity index (χ0) is 17.8. The molecule has 0 saturated heterocycles. The molecule has 1 heterocycles. The molecule has 3 rings (SSSR count). The van der Waals surface area contributed by atoms with Gasteiger partial charge in [-0.1, -0.05) is 0 Å². The van der Waals surface area contributed by atoms with Crippen molar-refractivity contribution in [3.8, 4) is 17.2 Å². The van der Waals surface area contributed by atoms with Crippen molar-refractivity contribution in [2.45, 2.75) is 6.54 Å². The van der Waals surface area contributed by atoms with Crippen LogP contribution in [0.15, 0.2) is 47.3 Å².